The molecule has 1 N–H and O–H groups in total. The molecule has 4 nitrogen and oxygen atoms in total. The second kappa shape index (κ2) is 8.76. The first-order valence-electron chi connectivity index (χ1n) is 10.5. The molecular formula is C25H26BrNO3. The van der Waals surface area contributed by atoms with Crippen molar-refractivity contribution in [3.63, 3.8) is 0 Å². The highest BCUT2D eigenvalue weighted by Crippen LogP contribution is 2.43. The maximum Gasteiger partial charge on any atom is 0.225 e. The Morgan fingerprint density at radius 1 is 1.03 bits per heavy atom. The monoisotopic (exact) mass is 467 g/mol. The Morgan fingerprint density at radius 2 is 1.77 bits per heavy atom. The highest BCUT2D eigenvalue weighted by Gasteiger charge is 2.38. The Kier molecular flexibility index (Phi) is 6.09. The van der Waals surface area contributed by atoms with E-state index < -0.39 is 0 Å². The summed E-state index contributed by atoms with van der Waals surface area (Å²) >= 11 is 3.58. The van der Waals surface area contributed by atoms with Crippen molar-refractivity contribution in [2.75, 3.05) is 6.61 Å². The Morgan fingerprint density at radius 3 is 2.47 bits per heavy atom. The number of aryl methyl sites for hydroxylation is 1. The molecule has 1 aliphatic carbocycles. The number of carbonyl (C=O) groups excluding carboxylic acids is 2. The van der Waals surface area contributed by atoms with Crippen molar-refractivity contribution in [2.45, 2.75) is 51.4 Å². The van der Waals surface area contributed by atoms with Gasteiger partial charge in [0.15, 0.2) is 5.78 Å². The molecule has 0 fully saturated rings. The van der Waals surface area contributed by atoms with Crippen LogP contribution in [0.4, 0.5) is 0 Å². The predicted octanol–water partition coefficient (Wildman–Crippen LogP) is 5.55. The molecule has 0 radical (unpaired) electrons. The van der Waals surface area contributed by atoms with Crippen LogP contribution in [0.2, 0.25) is 0 Å². The van der Waals surface area contributed by atoms with E-state index in [1.807, 2.05) is 49.4 Å². The van der Waals surface area contributed by atoms with Gasteiger partial charge in [-0.2, -0.15) is 0 Å². The minimum Gasteiger partial charge on any atom is -0.494 e. The number of amides is 1. The number of benzene rings is 2. The molecule has 2 atom stereocenters. The number of ether oxygens (including phenoxy) is 1. The maximum absolute atomic E-state index is 13.2. The van der Waals surface area contributed by atoms with E-state index in [1.165, 1.54) is 0 Å². The van der Waals surface area contributed by atoms with Gasteiger partial charge in [0.25, 0.3) is 0 Å². The molecule has 2 aromatic rings. The topological polar surface area (TPSA) is 55.4 Å². The molecule has 2 aromatic carbocycles. The number of hydrogen-bond donors (Lipinski definition) is 1. The number of ketones is 1. The zero-order valence-electron chi connectivity index (χ0n) is 17.3. The van der Waals surface area contributed by atoms with Crippen LogP contribution in [0.25, 0.3) is 0 Å². The first kappa shape index (κ1) is 20.9. The van der Waals surface area contributed by atoms with E-state index in [2.05, 4.69) is 28.2 Å². The van der Waals surface area contributed by atoms with Gasteiger partial charge in [-0.25, -0.2) is 0 Å². The normalized spacial score (nSPS) is 21.3. The minimum absolute atomic E-state index is 0.0211. The number of Topliss-reactive ketones (excluding diaryl/α,β-unsaturated/α-hetero) is 1. The first-order chi connectivity index (χ1) is 14.5. The molecule has 2 unspecified atom stereocenters. The summed E-state index contributed by atoms with van der Waals surface area (Å²) in [6.45, 7) is 4.80. The molecule has 0 saturated heterocycles. The van der Waals surface area contributed by atoms with Crippen LogP contribution in [-0.2, 0) is 9.59 Å². The number of carbonyl (C=O) groups is 2. The lowest BCUT2D eigenvalue weighted by Crippen LogP contribution is -2.38. The van der Waals surface area contributed by atoms with E-state index in [4.69, 9.17) is 4.74 Å². The van der Waals surface area contributed by atoms with Crippen molar-refractivity contribution < 1.29 is 14.3 Å². The van der Waals surface area contributed by atoms with E-state index in [0.29, 0.717) is 25.9 Å². The molecule has 4 rings (SSSR count). The van der Waals surface area contributed by atoms with Crippen LogP contribution in [0.3, 0.4) is 0 Å². The van der Waals surface area contributed by atoms with Gasteiger partial charge >= 0.3 is 0 Å². The molecule has 30 heavy (non-hydrogen) atoms. The van der Waals surface area contributed by atoms with Crippen molar-refractivity contribution in [3.05, 3.63) is 74.9 Å². The lowest BCUT2D eigenvalue weighted by molar-refractivity contribution is -0.122. The summed E-state index contributed by atoms with van der Waals surface area (Å²) in [4.78, 5) is 25.7. The standard InChI is InChI=1S/C25H26BrNO3/c1-3-10-30-19-8-6-16(7-9-19)18-12-22-25(23(28)13-18)20(14-24(29)27-22)17-5-4-15(2)21(26)11-17/h4-9,11,18,20H,3,10,12-14H2,1-2H3,(H,27,29). The fourth-order valence-electron chi connectivity index (χ4n) is 4.36. The zero-order chi connectivity index (χ0) is 21.3. The van der Waals surface area contributed by atoms with Gasteiger partial charge in [-0.15, -0.1) is 0 Å². The van der Waals surface area contributed by atoms with Gasteiger partial charge in [0.2, 0.25) is 5.91 Å². The molecule has 1 amide bonds. The SMILES string of the molecule is CCCOc1ccc(C2CC(=O)C3=C(C2)NC(=O)CC3c2ccc(C)c(Br)c2)cc1. The second-order valence-electron chi connectivity index (χ2n) is 8.15. The van der Waals surface area contributed by atoms with Gasteiger partial charge < -0.3 is 10.1 Å². The largest absolute Gasteiger partial charge is 0.494 e. The van der Waals surface area contributed by atoms with Crippen LogP contribution in [0.5, 0.6) is 5.75 Å². The predicted molar refractivity (Wildman–Crippen MR) is 121 cm³/mol. The summed E-state index contributed by atoms with van der Waals surface area (Å²) in [5.41, 5.74) is 4.83. The van der Waals surface area contributed by atoms with Crippen LogP contribution in [0.15, 0.2) is 58.2 Å². The van der Waals surface area contributed by atoms with Crippen LogP contribution >= 0.6 is 15.9 Å². The molecule has 0 aromatic heterocycles. The van der Waals surface area contributed by atoms with Crippen molar-refractivity contribution >= 4 is 27.6 Å². The van der Waals surface area contributed by atoms with Gasteiger partial charge in [-0.05, 0) is 60.6 Å². The Hall–Kier alpha value is -2.40. The number of allylic oxidation sites excluding steroid dienone is 2. The zero-order valence-corrected chi connectivity index (χ0v) is 18.9. The number of halogens is 1. The molecule has 1 aliphatic heterocycles. The van der Waals surface area contributed by atoms with Gasteiger partial charge in [-0.1, -0.05) is 47.1 Å². The molecule has 1 heterocycles. The van der Waals surface area contributed by atoms with E-state index in [1.54, 1.807) is 0 Å². The molecule has 2 aliphatic rings. The van der Waals surface area contributed by atoms with Crippen molar-refractivity contribution in [3.8, 4) is 5.75 Å². The quantitative estimate of drug-likeness (QED) is 0.626. The molecule has 0 spiro atoms. The van der Waals surface area contributed by atoms with Gasteiger partial charge in [0, 0.05) is 34.5 Å². The van der Waals surface area contributed by atoms with Gasteiger partial charge in [0.1, 0.15) is 5.75 Å². The number of rotatable bonds is 5. The summed E-state index contributed by atoms with van der Waals surface area (Å²) in [7, 11) is 0. The van der Waals surface area contributed by atoms with Gasteiger partial charge in [-0.3, -0.25) is 9.59 Å². The van der Waals surface area contributed by atoms with Crippen molar-refractivity contribution in [1.82, 2.24) is 5.32 Å². The van der Waals surface area contributed by atoms with Crippen LogP contribution in [0, 0.1) is 6.92 Å². The highest BCUT2D eigenvalue weighted by atomic mass is 79.9. The van der Waals surface area contributed by atoms with E-state index in [9.17, 15) is 9.59 Å². The third kappa shape index (κ3) is 4.22. The molecule has 0 bridgehead atoms. The average Bonchev–Trinajstić information content (AvgIpc) is 2.73. The summed E-state index contributed by atoms with van der Waals surface area (Å²) in [5.74, 6) is 0.851. The van der Waals surface area contributed by atoms with Gasteiger partial charge in [0.05, 0.1) is 6.61 Å². The Balaban J connectivity index is 1.61. The lowest BCUT2D eigenvalue weighted by atomic mass is 9.73. The van der Waals surface area contributed by atoms with E-state index >= 15 is 0 Å². The first-order valence-corrected chi connectivity index (χ1v) is 11.3. The smallest absolute Gasteiger partial charge is 0.225 e. The maximum atomic E-state index is 13.2. The molecule has 0 saturated carbocycles. The number of nitrogens with one attached hydrogen (secondary N) is 1. The third-order valence-corrected chi connectivity index (χ3v) is 6.81. The third-order valence-electron chi connectivity index (χ3n) is 5.96. The summed E-state index contributed by atoms with van der Waals surface area (Å²) in [5, 5.41) is 3.00. The number of hydrogen-bond acceptors (Lipinski definition) is 3. The van der Waals surface area contributed by atoms with E-state index in [-0.39, 0.29) is 23.5 Å². The average molecular weight is 468 g/mol. The van der Waals surface area contributed by atoms with Crippen LogP contribution in [0.1, 0.15) is 61.1 Å². The van der Waals surface area contributed by atoms with Crippen LogP contribution < -0.4 is 10.1 Å². The second-order valence-corrected chi connectivity index (χ2v) is 9.01. The summed E-state index contributed by atoms with van der Waals surface area (Å²) in [6.07, 6.45) is 2.42. The Labute approximate surface area is 185 Å². The van der Waals surface area contributed by atoms with Crippen molar-refractivity contribution in [2.24, 2.45) is 0 Å². The molecule has 5 heteroatoms. The summed E-state index contributed by atoms with van der Waals surface area (Å²) in [6, 6.07) is 14.1. The fourth-order valence-corrected chi connectivity index (χ4v) is 4.76. The van der Waals surface area contributed by atoms with E-state index in [0.717, 1.165) is 44.6 Å². The summed E-state index contributed by atoms with van der Waals surface area (Å²) < 4.78 is 6.66. The van der Waals surface area contributed by atoms with Crippen LogP contribution in [-0.4, -0.2) is 18.3 Å². The fraction of sp³-hybridized carbons (Fsp3) is 0.360. The molecule has 156 valence electrons. The minimum atomic E-state index is -0.177. The molecular weight excluding hydrogens is 442 g/mol. The highest BCUT2D eigenvalue weighted by molar-refractivity contribution is 9.10. The Bertz CT molecular complexity index is 1010. The van der Waals surface area contributed by atoms with Crippen molar-refractivity contribution in [1.29, 1.82) is 0 Å². The lowest BCUT2D eigenvalue weighted by Gasteiger charge is -2.34.